The summed E-state index contributed by atoms with van der Waals surface area (Å²) >= 11 is 1.55. The quantitative estimate of drug-likeness (QED) is 0.916. The van der Waals surface area contributed by atoms with Crippen molar-refractivity contribution < 1.29 is 13.5 Å². The van der Waals surface area contributed by atoms with Gasteiger partial charge >= 0.3 is 6.61 Å². The van der Waals surface area contributed by atoms with Gasteiger partial charge in [0, 0.05) is 22.9 Å². The highest BCUT2D eigenvalue weighted by atomic mass is 32.1. The molecule has 2 N–H and O–H groups in total. The van der Waals surface area contributed by atoms with Gasteiger partial charge in [-0.3, -0.25) is 0 Å². The Bertz CT molecular complexity index is 567. The van der Waals surface area contributed by atoms with Gasteiger partial charge in [0.25, 0.3) is 0 Å². The van der Waals surface area contributed by atoms with Crippen molar-refractivity contribution in [1.82, 2.24) is 4.98 Å². The summed E-state index contributed by atoms with van der Waals surface area (Å²) < 4.78 is 28.5. The monoisotopic (exact) mass is 298 g/mol. The molecule has 0 saturated carbocycles. The maximum absolute atomic E-state index is 12.1. The van der Waals surface area contributed by atoms with Gasteiger partial charge in [-0.15, -0.1) is 11.3 Å². The Kier molecular flexibility index (Phi) is 4.35. The Balaban J connectivity index is 2.20. The van der Waals surface area contributed by atoms with Gasteiger partial charge in [0.05, 0.1) is 5.69 Å². The molecular weight excluding hydrogens is 282 g/mol. The fourth-order valence-electron chi connectivity index (χ4n) is 1.61. The molecule has 0 amide bonds. The first-order valence-corrected chi connectivity index (χ1v) is 7.01. The van der Waals surface area contributed by atoms with Crippen molar-refractivity contribution in [3.05, 3.63) is 34.7 Å². The molecule has 0 aliphatic heterocycles. The highest BCUT2D eigenvalue weighted by molar-refractivity contribution is 7.10. The van der Waals surface area contributed by atoms with Gasteiger partial charge in [0.1, 0.15) is 10.8 Å². The Labute approximate surface area is 120 Å². The molecule has 0 unspecified atom stereocenters. The van der Waals surface area contributed by atoms with Crippen LogP contribution in [0.1, 0.15) is 18.9 Å². The van der Waals surface area contributed by atoms with E-state index in [-0.39, 0.29) is 11.2 Å². The van der Waals surface area contributed by atoms with E-state index in [1.807, 2.05) is 19.2 Å². The molecule has 2 rings (SSSR count). The Morgan fingerprint density at radius 3 is 2.50 bits per heavy atom. The van der Waals surface area contributed by atoms with E-state index >= 15 is 0 Å². The first-order valence-electron chi connectivity index (χ1n) is 6.14. The molecule has 0 bridgehead atoms. The minimum absolute atomic E-state index is 0.140. The van der Waals surface area contributed by atoms with Crippen LogP contribution in [0.15, 0.2) is 29.6 Å². The SMILES string of the molecule is CC(C)(CN)c1nc(-c2ccc(OC(F)F)cc2)cs1. The fourth-order valence-corrected chi connectivity index (χ4v) is 2.58. The van der Waals surface area contributed by atoms with Crippen molar-refractivity contribution in [2.24, 2.45) is 5.73 Å². The maximum atomic E-state index is 12.1. The number of halogens is 2. The van der Waals surface area contributed by atoms with Gasteiger partial charge in [0.15, 0.2) is 0 Å². The smallest absolute Gasteiger partial charge is 0.387 e. The number of hydrogen-bond acceptors (Lipinski definition) is 4. The third-order valence-corrected chi connectivity index (χ3v) is 4.18. The largest absolute Gasteiger partial charge is 0.435 e. The molecule has 0 aliphatic rings. The second kappa shape index (κ2) is 5.85. The van der Waals surface area contributed by atoms with Gasteiger partial charge in [-0.1, -0.05) is 13.8 Å². The number of benzene rings is 1. The zero-order valence-corrected chi connectivity index (χ0v) is 12.1. The van der Waals surface area contributed by atoms with Crippen LogP contribution in [0.25, 0.3) is 11.3 Å². The van der Waals surface area contributed by atoms with Crippen LogP contribution in [0.2, 0.25) is 0 Å². The molecule has 0 radical (unpaired) electrons. The van der Waals surface area contributed by atoms with E-state index in [4.69, 9.17) is 5.73 Å². The molecule has 108 valence electrons. The summed E-state index contributed by atoms with van der Waals surface area (Å²) in [7, 11) is 0. The lowest BCUT2D eigenvalue weighted by Gasteiger charge is -2.18. The van der Waals surface area contributed by atoms with Gasteiger partial charge in [0.2, 0.25) is 0 Å². The van der Waals surface area contributed by atoms with Crippen LogP contribution in [0.3, 0.4) is 0 Å². The van der Waals surface area contributed by atoms with Crippen LogP contribution in [-0.4, -0.2) is 18.1 Å². The normalized spacial score (nSPS) is 11.9. The van der Waals surface area contributed by atoms with Crippen molar-refractivity contribution >= 4 is 11.3 Å². The predicted molar refractivity (Wildman–Crippen MR) is 76.3 cm³/mol. The van der Waals surface area contributed by atoms with E-state index in [0.29, 0.717) is 6.54 Å². The van der Waals surface area contributed by atoms with Gasteiger partial charge in [-0.05, 0) is 24.3 Å². The number of hydrogen-bond donors (Lipinski definition) is 1. The number of aromatic nitrogens is 1. The average Bonchev–Trinajstić information content (AvgIpc) is 2.89. The van der Waals surface area contributed by atoms with Crippen molar-refractivity contribution in [1.29, 1.82) is 0 Å². The Morgan fingerprint density at radius 2 is 1.95 bits per heavy atom. The molecule has 20 heavy (non-hydrogen) atoms. The first kappa shape index (κ1) is 14.9. The van der Waals surface area contributed by atoms with Gasteiger partial charge in [-0.25, -0.2) is 4.98 Å². The molecule has 0 fully saturated rings. The molecule has 0 spiro atoms. The molecule has 1 aromatic carbocycles. The second-order valence-electron chi connectivity index (χ2n) is 5.03. The van der Waals surface area contributed by atoms with E-state index in [2.05, 4.69) is 9.72 Å². The third kappa shape index (κ3) is 3.32. The number of nitrogens with two attached hydrogens (primary N) is 1. The van der Waals surface area contributed by atoms with E-state index in [0.717, 1.165) is 16.3 Å². The summed E-state index contributed by atoms with van der Waals surface area (Å²) in [5, 5.41) is 2.90. The zero-order valence-electron chi connectivity index (χ0n) is 11.3. The molecule has 0 atom stereocenters. The van der Waals surface area contributed by atoms with Crippen LogP contribution in [0.5, 0.6) is 5.75 Å². The summed E-state index contributed by atoms with van der Waals surface area (Å²) in [6.07, 6.45) is 0. The van der Waals surface area contributed by atoms with Gasteiger partial charge < -0.3 is 10.5 Å². The number of rotatable bonds is 5. The molecule has 1 aromatic heterocycles. The third-order valence-electron chi connectivity index (χ3n) is 2.97. The number of ether oxygens (including phenoxy) is 1. The van der Waals surface area contributed by atoms with E-state index in [1.54, 1.807) is 23.5 Å². The molecule has 6 heteroatoms. The van der Waals surface area contributed by atoms with Crippen molar-refractivity contribution in [2.75, 3.05) is 6.54 Å². The number of nitrogens with zero attached hydrogens (tertiary/aromatic N) is 1. The Hall–Kier alpha value is -1.53. The van der Waals surface area contributed by atoms with Gasteiger partial charge in [-0.2, -0.15) is 8.78 Å². The van der Waals surface area contributed by atoms with Crippen molar-refractivity contribution in [3.8, 4) is 17.0 Å². The van der Waals surface area contributed by atoms with Crippen LogP contribution in [0, 0.1) is 0 Å². The first-order chi connectivity index (χ1) is 9.42. The fraction of sp³-hybridized carbons (Fsp3) is 0.357. The summed E-state index contributed by atoms with van der Waals surface area (Å²) in [4.78, 5) is 4.56. The lowest BCUT2D eigenvalue weighted by molar-refractivity contribution is -0.0498. The highest BCUT2D eigenvalue weighted by Crippen LogP contribution is 2.30. The van der Waals surface area contributed by atoms with E-state index in [1.165, 1.54) is 12.1 Å². The van der Waals surface area contributed by atoms with Crippen molar-refractivity contribution in [2.45, 2.75) is 25.9 Å². The molecule has 2 aromatic rings. The average molecular weight is 298 g/mol. The summed E-state index contributed by atoms with van der Waals surface area (Å²) in [5.74, 6) is 0.140. The number of thiazole rings is 1. The molecule has 1 heterocycles. The summed E-state index contributed by atoms with van der Waals surface area (Å²) in [5.41, 5.74) is 7.24. The molecule has 0 aliphatic carbocycles. The van der Waals surface area contributed by atoms with Crippen LogP contribution in [-0.2, 0) is 5.41 Å². The minimum Gasteiger partial charge on any atom is -0.435 e. The van der Waals surface area contributed by atoms with E-state index in [9.17, 15) is 8.78 Å². The zero-order chi connectivity index (χ0) is 14.8. The van der Waals surface area contributed by atoms with Crippen LogP contribution >= 0.6 is 11.3 Å². The second-order valence-corrected chi connectivity index (χ2v) is 5.89. The highest BCUT2D eigenvalue weighted by Gasteiger charge is 2.22. The lowest BCUT2D eigenvalue weighted by atomic mass is 9.95. The van der Waals surface area contributed by atoms with Crippen LogP contribution in [0.4, 0.5) is 8.78 Å². The Morgan fingerprint density at radius 1 is 1.30 bits per heavy atom. The summed E-state index contributed by atoms with van der Waals surface area (Å²) in [6, 6.07) is 6.45. The number of alkyl halides is 2. The maximum Gasteiger partial charge on any atom is 0.387 e. The minimum atomic E-state index is -2.81. The van der Waals surface area contributed by atoms with E-state index < -0.39 is 6.61 Å². The molecular formula is C14H16F2N2OS. The standard InChI is InChI=1S/C14H16F2N2OS/c1-14(2,8-17)12-18-11(7-20-12)9-3-5-10(6-4-9)19-13(15)16/h3-7,13H,8,17H2,1-2H3. The molecule has 3 nitrogen and oxygen atoms in total. The van der Waals surface area contributed by atoms with Crippen molar-refractivity contribution in [3.63, 3.8) is 0 Å². The summed E-state index contributed by atoms with van der Waals surface area (Å²) in [6.45, 7) is 1.78. The topological polar surface area (TPSA) is 48.1 Å². The van der Waals surface area contributed by atoms with Crippen LogP contribution < -0.4 is 10.5 Å². The molecule has 0 saturated heterocycles. The predicted octanol–water partition coefficient (Wildman–Crippen LogP) is 3.65. The lowest BCUT2D eigenvalue weighted by Crippen LogP contribution is -2.27.